The quantitative estimate of drug-likeness (QED) is 0.322. The van der Waals surface area contributed by atoms with Crippen molar-refractivity contribution in [1.29, 1.82) is 0 Å². The predicted octanol–water partition coefficient (Wildman–Crippen LogP) is 6.76. The van der Waals surface area contributed by atoms with Crippen LogP contribution >= 0.6 is 0 Å². The summed E-state index contributed by atoms with van der Waals surface area (Å²) in [6.45, 7) is 28.4. The normalized spacial score (nSPS) is 25.4. The third-order valence-corrected chi connectivity index (χ3v) is 12.9. The highest BCUT2D eigenvalue weighted by Gasteiger charge is 2.71. The second-order valence-electron chi connectivity index (χ2n) is 16.4. The molecule has 3 atom stereocenters. The number of fused-ring (bicyclic) bond motifs is 1. The van der Waals surface area contributed by atoms with E-state index in [-0.39, 0.29) is 23.3 Å². The van der Waals surface area contributed by atoms with Crippen molar-refractivity contribution in [2.45, 2.75) is 136 Å². The van der Waals surface area contributed by atoms with Gasteiger partial charge in [0.25, 0.3) is 0 Å². The molecule has 1 saturated heterocycles. The van der Waals surface area contributed by atoms with Crippen LogP contribution in [0.15, 0.2) is 48.5 Å². The summed E-state index contributed by atoms with van der Waals surface area (Å²) in [6, 6.07) is 14.3. The van der Waals surface area contributed by atoms with Crippen LogP contribution in [0.1, 0.15) is 114 Å². The van der Waals surface area contributed by atoms with Crippen molar-refractivity contribution < 1.29 is 24.5 Å². The van der Waals surface area contributed by atoms with Gasteiger partial charge >= 0.3 is 0 Å². The van der Waals surface area contributed by atoms with E-state index in [1.54, 1.807) is 32.0 Å². The van der Waals surface area contributed by atoms with Gasteiger partial charge in [-0.15, -0.1) is 0 Å². The largest absolute Gasteiger partial charge is 0.480 e. The molecule has 0 bridgehead atoms. The highest BCUT2D eigenvalue weighted by atomic mass is 16.6. The molecule has 3 N–H and O–H groups in total. The van der Waals surface area contributed by atoms with E-state index in [0.717, 1.165) is 5.56 Å². The SMILES string of the molecule is CC1(C)Oc2ccc([C@@](C)(O)[C@](C)(NC(CO)c3ccccc3)C(=O)N3C(C)(C)C(C)(C)C(C)(C)C3(C)C)cc2OC1(C)C. The highest BCUT2D eigenvalue weighted by Crippen LogP contribution is 2.64. The number of ether oxygens (including phenoxy) is 2. The fourth-order valence-corrected chi connectivity index (χ4v) is 7.26. The zero-order valence-electron chi connectivity index (χ0n) is 29.5. The molecule has 1 unspecified atom stereocenters. The minimum absolute atomic E-state index is 0.248. The Morgan fingerprint density at radius 2 is 1.27 bits per heavy atom. The van der Waals surface area contributed by atoms with Crippen LogP contribution in [0.4, 0.5) is 0 Å². The maximum atomic E-state index is 15.4. The zero-order chi connectivity index (χ0) is 33.5. The summed E-state index contributed by atoms with van der Waals surface area (Å²) in [5.41, 5.74) is -4.99. The standard InChI is InChI=1S/C37H56N2O5/c1-30(2)31(3,4)33(7,8)39(32(30,5)6)29(41)36(13,38-26(23-40)24-18-16-15-17-19-24)37(14,42)25-20-21-27-28(22-25)44-35(11,12)34(9,10)43-27/h15-22,26,38,40,42H,23H2,1-14H3/t26?,36-,37-/m1/s1. The molecule has 2 aromatic carbocycles. The highest BCUT2D eigenvalue weighted by molar-refractivity contribution is 5.90. The molecular formula is C37H56N2O5. The Balaban J connectivity index is 1.92. The smallest absolute Gasteiger partial charge is 0.246 e. The fourth-order valence-electron chi connectivity index (χ4n) is 7.26. The monoisotopic (exact) mass is 608 g/mol. The molecule has 0 saturated carbocycles. The van der Waals surface area contributed by atoms with Crippen molar-refractivity contribution in [2.24, 2.45) is 10.8 Å². The molecule has 2 aliphatic rings. The molecule has 7 heteroatoms. The molecule has 244 valence electrons. The number of nitrogens with one attached hydrogen (secondary N) is 1. The number of benzene rings is 2. The van der Waals surface area contributed by atoms with Gasteiger partial charge in [0.15, 0.2) is 11.5 Å². The van der Waals surface area contributed by atoms with Crippen molar-refractivity contribution in [3.63, 3.8) is 0 Å². The van der Waals surface area contributed by atoms with Gasteiger partial charge in [0, 0.05) is 11.1 Å². The third kappa shape index (κ3) is 4.60. The van der Waals surface area contributed by atoms with Crippen LogP contribution in [0.5, 0.6) is 11.5 Å². The molecular weight excluding hydrogens is 552 g/mol. The number of aliphatic hydroxyl groups is 2. The molecule has 2 aliphatic heterocycles. The van der Waals surface area contributed by atoms with Crippen LogP contribution in [0.3, 0.4) is 0 Å². The molecule has 7 nitrogen and oxygen atoms in total. The van der Waals surface area contributed by atoms with Gasteiger partial charge in [0.1, 0.15) is 22.3 Å². The lowest BCUT2D eigenvalue weighted by Crippen LogP contribution is -2.71. The Morgan fingerprint density at radius 3 is 1.75 bits per heavy atom. The van der Waals surface area contributed by atoms with Gasteiger partial charge in [-0.2, -0.15) is 0 Å². The van der Waals surface area contributed by atoms with E-state index in [0.29, 0.717) is 17.1 Å². The third-order valence-electron chi connectivity index (χ3n) is 12.9. The van der Waals surface area contributed by atoms with E-state index < -0.39 is 39.5 Å². The molecule has 0 radical (unpaired) electrons. The number of likely N-dealkylation sites (tertiary alicyclic amines) is 1. The van der Waals surface area contributed by atoms with Crippen LogP contribution in [0, 0.1) is 10.8 Å². The summed E-state index contributed by atoms with van der Waals surface area (Å²) in [5.74, 6) is 0.840. The summed E-state index contributed by atoms with van der Waals surface area (Å²) >= 11 is 0. The fraction of sp³-hybridized carbons (Fsp3) is 0.649. The number of carbonyl (C=O) groups excluding carboxylic acids is 1. The summed E-state index contributed by atoms with van der Waals surface area (Å²) in [6.07, 6.45) is 0. The summed E-state index contributed by atoms with van der Waals surface area (Å²) < 4.78 is 12.8. The number of rotatable bonds is 7. The number of amides is 1. The van der Waals surface area contributed by atoms with Gasteiger partial charge in [-0.3, -0.25) is 10.1 Å². The molecule has 44 heavy (non-hydrogen) atoms. The predicted molar refractivity (Wildman–Crippen MR) is 176 cm³/mol. The van der Waals surface area contributed by atoms with E-state index in [2.05, 4.69) is 60.7 Å². The molecule has 1 amide bonds. The Labute approximate surface area is 265 Å². The lowest BCUT2D eigenvalue weighted by atomic mass is 9.57. The molecule has 0 spiro atoms. The minimum atomic E-state index is -1.76. The van der Waals surface area contributed by atoms with Crippen molar-refractivity contribution in [2.75, 3.05) is 6.61 Å². The summed E-state index contributed by atoms with van der Waals surface area (Å²) in [5, 5.41) is 26.9. The van der Waals surface area contributed by atoms with Gasteiger partial charge in [-0.25, -0.2) is 0 Å². The maximum absolute atomic E-state index is 15.4. The molecule has 1 fully saturated rings. The first-order valence-corrected chi connectivity index (χ1v) is 15.9. The first kappa shape index (κ1) is 34.3. The minimum Gasteiger partial charge on any atom is -0.480 e. The number of nitrogens with zero attached hydrogens (tertiary/aromatic N) is 1. The van der Waals surface area contributed by atoms with Crippen LogP contribution < -0.4 is 14.8 Å². The van der Waals surface area contributed by atoms with Crippen LogP contribution in [0.25, 0.3) is 0 Å². The van der Waals surface area contributed by atoms with Crippen LogP contribution in [-0.2, 0) is 10.4 Å². The number of aliphatic hydroxyl groups excluding tert-OH is 1. The number of hydrogen-bond donors (Lipinski definition) is 3. The topological polar surface area (TPSA) is 91.3 Å². The first-order valence-electron chi connectivity index (χ1n) is 15.9. The Hall–Kier alpha value is -2.61. The lowest BCUT2D eigenvalue weighted by molar-refractivity contribution is -0.163. The van der Waals surface area contributed by atoms with Crippen molar-refractivity contribution in [1.82, 2.24) is 10.2 Å². The van der Waals surface area contributed by atoms with Crippen molar-refractivity contribution in [3.05, 3.63) is 59.7 Å². The average molecular weight is 609 g/mol. The van der Waals surface area contributed by atoms with E-state index >= 15 is 4.79 Å². The van der Waals surface area contributed by atoms with Gasteiger partial charge in [0.2, 0.25) is 5.91 Å². The second kappa shape index (κ2) is 10.2. The van der Waals surface area contributed by atoms with Gasteiger partial charge in [-0.1, -0.05) is 64.1 Å². The molecule has 0 aliphatic carbocycles. The Morgan fingerprint density at radius 1 is 0.795 bits per heavy atom. The lowest BCUT2D eigenvalue weighted by Gasteiger charge is -2.52. The van der Waals surface area contributed by atoms with Crippen molar-refractivity contribution >= 4 is 5.91 Å². The Kier molecular flexibility index (Phi) is 7.94. The maximum Gasteiger partial charge on any atom is 0.246 e. The summed E-state index contributed by atoms with van der Waals surface area (Å²) in [7, 11) is 0. The van der Waals surface area contributed by atoms with Crippen LogP contribution in [0.2, 0.25) is 0 Å². The first-order chi connectivity index (χ1) is 19.8. The number of carbonyl (C=O) groups is 1. The Bertz CT molecular complexity index is 1380. The summed E-state index contributed by atoms with van der Waals surface area (Å²) in [4.78, 5) is 17.4. The molecule has 2 heterocycles. The van der Waals surface area contributed by atoms with Crippen LogP contribution in [-0.4, -0.2) is 55.4 Å². The van der Waals surface area contributed by atoms with Gasteiger partial charge < -0.3 is 24.6 Å². The van der Waals surface area contributed by atoms with Crippen molar-refractivity contribution in [3.8, 4) is 11.5 Å². The molecule has 4 rings (SSSR count). The molecule has 2 aromatic rings. The van der Waals surface area contributed by atoms with E-state index in [1.165, 1.54) is 0 Å². The average Bonchev–Trinajstić information content (AvgIpc) is 2.98. The van der Waals surface area contributed by atoms with E-state index in [1.807, 2.05) is 62.9 Å². The second-order valence-corrected chi connectivity index (χ2v) is 16.4. The van der Waals surface area contributed by atoms with E-state index in [9.17, 15) is 10.2 Å². The van der Waals surface area contributed by atoms with Gasteiger partial charge in [-0.05, 0) is 103 Å². The number of hydrogen-bond acceptors (Lipinski definition) is 6. The zero-order valence-corrected chi connectivity index (χ0v) is 29.5. The van der Waals surface area contributed by atoms with Gasteiger partial charge in [0.05, 0.1) is 12.6 Å². The molecule has 0 aromatic heterocycles. The van der Waals surface area contributed by atoms with E-state index in [4.69, 9.17) is 9.47 Å².